The summed E-state index contributed by atoms with van der Waals surface area (Å²) in [4.78, 5) is 32.2. The van der Waals surface area contributed by atoms with Crippen molar-refractivity contribution in [2.75, 3.05) is 6.61 Å². The molecule has 2 rings (SSSR count). The minimum absolute atomic E-state index is 0.0116. The number of carbonyl (C=O) groups is 1. The number of nitro groups is 1. The number of fused-ring (bicyclic) bond motifs is 1. The molecule has 10 heteroatoms. The molecule has 0 spiro atoms. The van der Waals surface area contributed by atoms with E-state index in [4.69, 9.17) is 9.15 Å². The number of hydrogen-bond acceptors (Lipinski definition) is 8. The molecule has 0 unspecified atom stereocenters. The molecule has 0 amide bonds. The third-order valence-electron chi connectivity index (χ3n) is 2.14. The van der Waals surface area contributed by atoms with Crippen LogP contribution in [0.3, 0.4) is 0 Å². The number of nitro benzene ring substituents is 1. The van der Waals surface area contributed by atoms with E-state index in [2.05, 4.69) is 20.7 Å². The largest absolute Gasteiger partial charge is 0.514 e. The van der Waals surface area contributed by atoms with Crippen molar-refractivity contribution in [3.05, 3.63) is 30.4 Å². The predicted octanol–water partition coefficient (Wildman–Crippen LogP) is 3.06. The van der Waals surface area contributed by atoms with E-state index in [9.17, 15) is 19.7 Å². The average molecular weight is 364 g/mol. The predicted molar refractivity (Wildman–Crippen MR) is 72.4 cm³/mol. The summed E-state index contributed by atoms with van der Waals surface area (Å²) in [5, 5.41) is 11.2. The highest BCUT2D eigenvalue weighted by Gasteiger charge is 2.29. The highest BCUT2D eigenvalue weighted by atomic mass is 79.9. The van der Waals surface area contributed by atoms with Crippen LogP contribution in [0.25, 0.3) is 10.3 Å². The van der Waals surface area contributed by atoms with Crippen molar-refractivity contribution in [2.45, 2.75) is 6.92 Å². The minimum Gasteiger partial charge on any atom is -0.434 e. The van der Waals surface area contributed by atoms with Gasteiger partial charge in [0, 0.05) is 6.07 Å². The van der Waals surface area contributed by atoms with E-state index in [0.29, 0.717) is 11.3 Å². The van der Waals surface area contributed by atoms with Crippen LogP contribution in [0.2, 0.25) is 0 Å². The fourth-order valence-electron chi connectivity index (χ4n) is 1.44. The van der Waals surface area contributed by atoms with Gasteiger partial charge in [-0.1, -0.05) is 0 Å². The molecule has 1 aromatic carbocycles. The number of rotatable bonds is 3. The van der Waals surface area contributed by atoms with E-state index in [0.717, 1.165) is 0 Å². The highest BCUT2D eigenvalue weighted by Crippen LogP contribution is 2.42. The molecule has 106 valence electrons. The van der Waals surface area contributed by atoms with Crippen molar-refractivity contribution in [3.63, 3.8) is 0 Å². The van der Waals surface area contributed by atoms with Crippen molar-refractivity contribution in [1.29, 1.82) is 0 Å². The van der Waals surface area contributed by atoms with Crippen molar-refractivity contribution < 1.29 is 23.6 Å². The second-order valence-corrected chi connectivity index (χ2v) is 5.16. The molecule has 1 heterocycles. The summed E-state index contributed by atoms with van der Waals surface area (Å²) in [6.45, 7) is 1.63. The van der Waals surface area contributed by atoms with Crippen molar-refractivity contribution >= 4 is 49.4 Å². The second-order valence-electron chi connectivity index (χ2n) is 3.36. The molecule has 0 N–H and O–H groups in total. The van der Waals surface area contributed by atoms with Crippen LogP contribution in [0.5, 0.6) is 5.75 Å². The number of halogens is 1. The van der Waals surface area contributed by atoms with E-state index < -0.39 is 21.7 Å². The van der Waals surface area contributed by atoms with Gasteiger partial charge in [-0.25, -0.2) is 9.59 Å². The second kappa shape index (κ2) is 5.59. The fraction of sp³-hybridized carbons (Fsp3) is 0.200. The standard InChI is InChI=1S/C10H6BrNO7S/c1-2-17-9(13)19-7-4(11)3-5-8(6(7)12(15)16)20-10(14)18-5/h3H,2H2,1H3. The Kier molecular flexibility index (Phi) is 4.04. The van der Waals surface area contributed by atoms with E-state index in [-0.39, 0.29) is 27.1 Å². The molecule has 0 fully saturated rings. The Bertz CT molecular complexity index is 750. The first-order valence-corrected chi connectivity index (χ1v) is 6.80. The molecule has 0 aliphatic carbocycles. The van der Waals surface area contributed by atoms with Crippen LogP contribution in [0, 0.1) is 10.1 Å². The van der Waals surface area contributed by atoms with Crippen molar-refractivity contribution in [2.24, 2.45) is 0 Å². The SMILES string of the molecule is CCOC(=O)Oc1c(Br)cc2oc(=O)sc2c1[N+](=O)[O-]. The van der Waals surface area contributed by atoms with Gasteiger partial charge in [-0.3, -0.25) is 10.1 Å². The van der Waals surface area contributed by atoms with Gasteiger partial charge < -0.3 is 13.9 Å². The molecule has 0 saturated heterocycles. The molecule has 2 aromatic rings. The third-order valence-corrected chi connectivity index (χ3v) is 3.58. The molecule has 20 heavy (non-hydrogen) atoms. The summed E-state index contributed by atoms with van der Waals surface area (Å²) in [6, 6.07) is 1.31. The van der Waals surface area contributed by atoms with Crippen LogP contribution < -0.4 is 9.68 Å². The summed E-state index contributed by atoms with van der Waals surface area (Å²) >= 11 is 3.58. The molecule has 0 bridgehead atoms. The lowest BCUT2D eigenvalue weighted by Gasteiger charge is -2.06. The number of nitrogens with zero attached hydrogens (tertiary/aromatic N) is 1. The van der Waals surface area contributed by atoms with Gasteiger partial charge in [-0.2, -0.15) is 0 Å². The van der Waals surface area contributed by atoms with Gasteiger partial charge in [0.15, 0.2) is 10.3 Å². The van der Waals surface area contributed by atoms with Gasteiger partial charge in [0.05, 0.1) is 16.0 Å². The minimum atomic E-state index is -1.08. The van der Waals surface area contributed by atoms with Gasteiger partial charge in [-0.15, -0.1) is 0 Å². The Morgan fingerprint density at radius 3 is 2.90 bits per heavy atom. The van der Waals surface area contributed by atoms with Gasteiger partial charge in [-0.05, 0) is 34.2 Å². The summed E-state index contributed by atoms with van der Waals surface area (Å²) in [7, 11) is 0. The molecule has 0 aliphatic heterocycles. The first-order chi connectivity index (χ1) is 9.43. The van der Waals surface area contributed by atoms with Gasteiger partial charge >= 0.3 is 16.8 Å². The highest BCUT2D eigenvalue weighted by molar-refractivity contribution is 9.10. The lowest BCUT2D eigenvalue weighted by Crippen LogP contribution is -2.11. The lowest BCUT2D eigenvalue weighted by molar-refractivity contribution is -0.383. The summed E-state index contributed by atoms with van der Waals surface area (Å²) < 4.78 is 14.3. The Hall–Kier alpha value is -1.94. The molecular formula is C10H6BrNO7S. The lowest BCUT2D eigenvalue weighted by atomic mass is 10.3. The van der Waals surface area contributed by atoms with Gasteiger partial charge in [0.2, 0.25) is 5.75 Å². The van der Waals surface area contributed by atoms with Crippen LogP contribution >= 0.6 is 27.3 Å². The zero-order valence-corrected chi connectivity index (χ0v) is 12.3. The molecule has 8 nitrogen and oxygen atoms in total. The maximum absolute atomic E-state index is 11.3. The summed E-state index contributed by atoms with van der Waals surface area (Å²) in [5.74, 6) is -0.335. The van der Waals surface area contributed by atoms with E-state index >= 15 is 0 Å². The van der Waals surface area contributed by atoms with Crippen molar-refractivity contribution in [1.82, 2.24) is 0 Å². The van der Waals surface area contributed by atoms with Crippen LogP contribution in [0.4, 0.5) is 10.5 Å². The Labute approximate surface area is 123 Å². The monoisotopic (exact) mass is 363 g/mol. The van der Waals surface area contributed by atoms with Crippen LogP contribution in [-0.4, -0.2) is 17.7 Å². The van der Waals surface area contributed by atoms with Crippen LogP contribution in [0.1, 0.15) is 6.92 Å². The van der Waals surface area contributed by atoms with Crippen LogP contribution in [0.15, 0.2) is 19.8 Å². The smallest absolute Gasteiger partial charge is 0.434 e. The third kappa shape index (κ3) is 2.65. The molecule has 1 aromatic heterocycles. The Balaban J connectivity index is 2.65. The van der Waals surface area contributed by atoms with E-state index in [1.807, 2.05) is 0 Å². The van der Waals surface area contributed by atoms with Gasteiger partial charge in [0.1, 0.15) is 0 Å². The van der Waals surface area contributed by atoms with Gasteiger partial charge in [0.25, 0.3) is 0 Å². The van der Waals surface area contributed by atoms with E-state index in [1.54, 1.807) is 6.92 Å². The maximum atomic E-state index is 11.3. The zero-order chi connectivity index (χ0) is 14.9. The topological polar surface area (TPSA) is 109 Å². The molecular weight excluding hydrogens is 358 g/mol. The average Bonchev–Trinajstić information content (AvgIpc) is 2.69. The zero-order valence-electron chi connectivity index (χ0n) is 9.88. The normalized spacial score (nSPS) is 10.5. The fourth-order valence-corrected chi connectivity index (χ4v) is 2.68. The maximum Gasteiger partial charge on any atom is 0.514 e. The van der Waals surface area contributed by atoms with Crippen LogP contribution in [-0.2, 0) is 4.74 Å². The number of benzene rings is 1. The van der Waals surface area contributed by atoms with E-state index in [1.165, 1.54) is 6.07 Å². The first-order valence-electron chi connectivity index (χ1n) is 5.19. The summed E-state index contributed by atoms with van der Waals surface area (Å²) in [6.07, 6.45) is -1.08. The molecule has 0 atom stereocenters. The summed E-state index contributed by atoms with van der Waals surface area (Å²) in [5.41, 5.74) is -0.493. The molecule has 0 aliphatic rings. The molecule has 0 saturated carbocycles. The molecule has 0 radical (unpaired) electrons. The quantitative estimate of drug-likeness (QED) is 0.356. The number of ether oxygens (including phenoxy) is 2. The number of carbonyl (C=O) groups excluding carboxylic acids is 1. The van der Waals surface area contributed by atoms with Crippen molar-refractivity contribution in [3.8, 4) is 5.75 Å². The Morgan fingerprint density at radius 2 is 2.30 bits per heavy atom. The Morgan fingerprint density at radius 1 is 1.60 bits per heavy atom. The first kappa shape index (κ1) is 14.5. The number of hydrogen-bond donors (Lipinski definition) is 0.